The second-order valence-electron chi connectivity index (χ2n) is 8.73. The van der Waals surface area contributed by atoms with E-state index >= 15 is 0 Å². The molecule has 35 heavy (non-hydrogen) atoms. The smallest absolute Gasteiger partial charge is 0.259 e. The molecule has 184 valence electrons. The van der Waals surface area contributed by atoms with E-state index in [0.717, 1.165) is 23.3 Å². The number of anilines is 2. The Morgan fingerprint density at radius 3 is 2.71 bits per heavy atom. The standard InChI is InChI=1S/C26H30N4O4S/c1-19(20-8-4-3-5-9-20)28-26-27-14-12-24(29-26)30(15-6-7-17-35(2,32)33)25(31)22-10-11-23-21(18-22)13-16-34-23/h3-5,8-12,14,18-19H,6-7,13,15-17H2,1-2H3,(H,27,28,29)/t19-/m0/s1. The number of ether oxygens (including phenoxy) is 1. The summed E-state index contributed by atoms with van der Waals surface area (Å²) in [6.45, 7) is 2.97. The zero-order chi connectivity index (χ0) is 24.8. The summed E-state index contributed by atoms with van der Waals surface area (Å²) < 4.78 is 28.7. The highest BCUT2D eigenvalue weighted by Gasteiger charge is 2.22. The van der Waals surface area contributed by atoms with Crippen molar-refractivity contribution < 1.29 is 17.9 Å². The number of sulfone groups is 1. The van der Waals surface area contributed by atoms with Crippen molar-refractivity contribution in [1.29, 1.82) is 0 Å². The molecule has 1 aliphatic rings. The van der Waals surface area contributed by atoms with Crippen LogP contribution in [0.25, 0.3) is 0 Å². The fourth-order valence-corrected chi connectivity index (χ4v) is 4.75. The molecule has 0 unspecified atom stereocenters. The second-order valence-corrected chi connectivity index (χ2v) is 11.0. The number of aromatic nitrogens is 2. The van der Waals surface area contributed by atoms with E-state index in [0.29, 0.717) is 43.3 Å². The molecule has 4 rings (SSSR count). The molecule has 0 aliphatic carbocycles. The summed E-state index contributed by atoms with van der Waals surface area (Å²) in [5.74, 6) is 1.57. The van der Waals surface area contributed by atoms with Gasteiger partial charge in [0.05, 0.1) is 12.6 Å². The van der Waals surface area contributed by atoms with E-state index < -0.39 is 9.84 Å². The van der Waals surface area contributed by atoms with Crippen molar-refractivity contribution in [2.75, 3.05) is 35.4 Å². The minimum Gasteiger partial charge on any atom is -0.493 e. The van der Waals surface area contributed by atoms with Crippen LogP contribution in [0.2, 0.25) is 0 Å². The highest BCUT2D eigenvalue weighted by Crippen LogP contribution is 2.27. The molecule has 1 aromatic heterocycles. The molecule has 1 amide bonds. The Hall–Kier alpha value is -3.46. The van der Waals surface area contributed by atoms with E-state index in [1.165, 1.54) is 6.26 Å². The van der Waals surface area contributed by atoms with Gasteiger partial charge in [-0.05, 0) is 55.2 Å². The van der Waals surface area contributed by atoms with Crippen LogP contribution in [-0.4, -0.2) is 49.5 Å². The molecule has 2 heterocycles. The molecular formula is C26H30N4O4S. The number of nitrogens with zero attached hydrogens (tertiary/aromatic N) is 3. The molecule has 0 radical (unpaired) electrons. The largest absolute Gasteiger partial charge is 0.493 e. The minimum absolute atomic E-state index is 0.0259. The number of carbonyl (C=O) groups excluding carboxylic acids is 1. The van der Waals surface area contributed by atoms with Gasteiger partial charge in [-0.15, -0.1) is 0 Å². The summed E-state index contributed by atoms with van der Waals surface area (Å²) in [5, 5.41) is 3.30. The SMILES string of the molecule is C[C@H](Nc1nccc(N(CCCCS(C)(=O)=O)C(=O)c2ccc3c(c2)CCO3)n1)c1ccccc1. The third-order valence-electron chi connectivity index (χ3n) is 5.89. The van der Waals surface area contributed by atoms with Crippen LogP contribution in [0.15, 0.2) is 60.8 Å². The molecule has 1 aliphatic heterocycles. The Bertz CT molecular complexity index is 1280. The van der Waals surface area contributed by atoms with Crippen LogP contribution >= 0.6 is 0 Å². The Kier molecular flexibility index (Phi) is 7.65. The van der Waals surface area contributed by atoms with Crippen molar-refractivity contribution in [2.24, 2.45) is 0 Å². The molecule has 0 saturated heterocycles. The quantitative estimate of drug-likeness (QED) is 0.424. The molecular weight excluding hydrogens is 464 g/mol. The lowest BCUT2D eigenvalue weighted by Crippen LogP contribution is -2.33. The maximum Gasteiger partial charge on any atom is 0.259 e. The number of hydrogen-bond acceptors (Lipinski definition) is 7. The lowest BCUT2D eigenvalue weighted by atomic mass is 10.1. The molecule has 2 aromatic carbocycles. The van der Waals surface area contributed by atoms with Gasteiger partial charge in [-0.2, -0.15) is 4.98 Å². The van der Waals surface area contributed by atoms with Crippen LogP contribution in [0, 0.1) is 0 Å². The van der Waals surface area contributed by atoms with Gasteiger partial charge < -0.3 is 10.1 Å². The van der Waals surface area contributed by atoms with Crippen molar-refractivity contribution >= 4 is 27.5 Å². The lowest BCUT2D eigenvalue weighted by Gasteiger charge is -2.23. The second kappa shape index (κ2) is 10.9. The predicted molar refractivity (Wildman–Crippen MR) is 137 cm³/mol. The summed E-state index contributed by atoms with van der Waals surface area (Å²) >= 11 is 0. The molecule has 9 heteroatoms. The van der Waals surface area contributed by atoms with Crippen LogP contribution in [0.1, 0.15) is 47.3 Å². The Balaban J connectivity index is 1.56. The molecule has 0 fully saturated rings. The zero-order valence-corrected chi connectivity index (χ0v) is 20.8. The monoisotopic (exact) mass is 494 g/mol. The first kappa shape index (κ1) is 24.7. The van der Waals surface area contributed by atoms with Crippen LogP contribution in [0.3, 0.4) is 0 Å². The van der Waals surface area contributed by atoms with Crippen LogP contribution in [0.5, 0.6) is 5.75 Å². The van der Waals surface area contributed by atoms with Gasteiger partial charge in [-0.1, -0.05) is 30.3 Å². The Morgan fingerprint density at radius 1 is 1.14 bits per heavy atom. The van der Waals surface area contributed by atoms with E-state index in [1.807, 2.05) is 49.4 Å². The number of carbonyl (C=O) groups is 1. The van der Waals surface area contributed by atoms with Gasteiger partial charge in [0, 0.05) is 36.7 Å². The minimum atomic E-state index is -3.07. The van der Waals surface area contributed by atoms with Gasteiger partial charge in [-0.25, -0.2) is 13.4 Å². The molecule has 1 atom stereocenters. The van der Waals surface area contributed by atoms with E-state index in [9.17, 15) is 13.2 Å². The fraction of sp³-hybridized carbons (Fsp3) is 0.346. The van der Waals surface area contributed by atoms with Gasteiger partial charge >= 0.3 is 0 Å². The number of benzene rings is 2. The molecule has 0 saturated carbocycles. The number of amides is 1. The van der Waals surface area contributed by atoms with Crippen molar-refractivity contribution in [2.45, 2.75) is 32.2 Å². The topological polar surface area (TPSA) is 101 Å². The number of rotatable bonds is 10. The lowest BCUT2D eigenvalue weighted by molar-refractivity contribution is 0.0985. The van der Waals surface area contributed by atoms with Crippen LogP contribution in [-0.2, 0) is 16.3 Å². The molecule has 3 aromatic rings. The van der Waals surface area contributed by atoms with Crippen LogP contribution in [0.4, 0.5) is 11.8 Å². The number of unbranched alkanes of at least 4 members (excludes halogenated alkanes) is 1. The van der Waals surface area contributed by atoms with Crippen molar-refractivity contribution in [3.8, 4) is 5.75 Å². The van der Waals surface area contributed by atoms with E-state index in [1.54, 1.807) is 23.2 Å². The van der Waals surface area contributed by atoms with E-state index in [-0.39, 0.29) is 17.7 Å². The summed E-state index contributed by atoms with van der Waals surface area (Å²) in [7, 11) is -3.07. The van der Waals surface area contributed by atoms with E-state index in [4.69, 9.17) is 4.74 Å². The summed E-state index contributed by atoms with van der Waals surface area (Å²) in [6.07, 6.45) is 4.60. The van der Waals surface area contributed by atoms with Crippen molar-refractivity contribution in [1.82, 2.24) is 9.97 Å². The Labute approximate surface area is 206 Å². The van der Waals surface area contributed by atoms with Crippen LogP contribution < -0.4 is 15.0 Å². The zero-order valence-electron chi connectivity index (χ0n) is 20.0. The first-order valence-electron chi connectivity index (χ1n) is 11.7. The van der Waals surface area contributed by atoms with Gasteiger partial charge in [0.1, 0.15) is 21.4 Å². The number of nitrogens with one attached hydrogen (secondary N) is 1. The number of hydrogen-bond donors (Lipinski definition) is 1. The summed E-state index contributed by atoms with van der Waals surface area (Å²) in [4.78, 5) is 24.1. The molecule has 8 nitrogen and oxygen atoms in total. The van der Waals surface area contributed by atoms with Gasteiger partial charge in [0.15, 0.2) is 0 Å². The molecule has 0 spiro atoms. The molecule has 1 N–H and O–H groups in total. The first-order chi connectivity index (χ1) is 16.8. The third-order valence-corrected chi connectivity index (χ3v) is 6.92. The Morgan fingerprint density at radius 2 is 1.94 bits per heavy atom. The van der Waals surface area contributed by atoms with E-state index in [2.05, 4.69) is 15.3 Å². The highest BCUT2D eigenvalue weighted by atomic mass is 32.2. The highest BCUT2D eigenvalue weighted by molar-refractivity contribution is 7.90. The number of fused-ring (bicyclic) bond motifs is 1. The average Bonchev–Trinajstić information content (AvgIpc) is 3.32. The predicted octanol–water partition coefficient (Wildman–Crippen LogP) is 4.06. The summed E-state index contributed by atoms with van der Waals surface area (Å²) in [5.41, 5.74) is 2.65. The van der Waals surface area contributed by atoms with Crippen molar-refractivity contribution in [3.63, 3.8) is 0 Å². The fourth-order valence-electron chi connectivity index (χ4n) is 4.02. The van der Waals surface area contributed by atoms with Gasteiger partial charge in [0.2, 0.25) is 5.95 Å². The maximum absolute atomic E-state index is 13.6. The third kappa shape index (κ3) is 6.57. The average molecular weight is 495 g/mol. The first-order valence-corrected chi connectivity index (χ1v) is 13.8. The summed E-state index contributed by atoms with van der Waals surface area (Å²) in [6, 6.07) is 17.1. The van der Waals surface area contributed by atoms with Gasteiger partial charge in [-0.3, -0.25) is 9.69 Å². The van der Waals surface area contributed by atoms with Crippen molar-refractivity contribution in [3.05, 3.63) is 77.5 Å². The maximum atomic E-state index is 13.6. The normalized spacial score (nSPS) is 13.5. The molecule has 0 bridgehead atoms. The van der Waals surface area contributed by atoms with Gasteiger partial charge in [0.25, 0.3) is 5.91 Å².